The highest BCUT2D eigenvalue weighted by atomic mass is 32.1. The third kappa shape index (κ3) is 1.27. The van der Waals surface area contributed by atoms with E-state index in [0.717, 1.165) is 17.8 Å². The van der Waals surface area contributed by atoms with Crippen molar-refractivity contribution in [3.63, 3.8) is 0 Å². The minimum Gasteiger partial charge on any atom is -0.140 e. The Balaban J connectivity index is 1.76. The summed E-state index contributed by atoms with van der Waals surface area (Å²) in [5.41, 5.74) is 0. The van der Waals surface area contributed by atoms with Gasteiger partial charge in [-0.05, 0) is 54.5 Å². The molecule has 1 aromatic heterocycles. The Hall–Kier alpha value is -0.820. The van der Waals surface area contributed by atoms with Gasteiger partial charge in [-0.15, -0.1) is 11.3 Å². The Labute approximate surface area is 100 Å². The van der Waals surface area contributed by atoms with Crippen LogP contribution in [0.15, 0.2) is 30.3 Å². The summed E-state index contributed by atoms with van der Waals surface area (Å²) < 4.78 is 1.47. The third-order valence-electron chi connectivity index (χ3n) is 4.55. The first kappa shape index (κ1) is 9.23. The van der Waals surface area contributed by atoms with E-state index in [9.17, 15) is 0 Å². The van der Waals surface area contributed by atoms with Crippen LogP contribution < -0.4 is 0 Å². The van der Waals surface area contributed by atoms with Crippen molar-refractivity contribution in [2.24, 2.45) is 11.8 Å². The number of hydrogen-bond acceptors (Lipinski definition) is 1. The molecule has 1 aromatic carbocycles. The molecular formula is C15H16S. The maximum atomic E-state index is 2.45. The molecule has 4 rings (SSSR count). The summed E-state index contributed by atoms with van der Waals surface area (Å²) in [5.74, 6) is 2.97. The smallest absolute Gasteiger partial charge is 0.0345 e. The normalized spacial score (nSPS) is 32.6. The lowest BCUT2D eigenvalue weighted by Crippen LogP contribution is -2.06. The number of fused-ring (bicyclic) bond motifs is 3. The highest BCUT2D eigenvalue weighted by Gasteiger charge is 2.40. The quantitative estimate of drug-likeness (QED) is 0.657. The molecule has 3 atom stereocenters. The Bertz CT molecular complexity index is 492. The molecule has 0 N–H and O–H groups in total. The van der Waals surface area contributed by atoms with Gasteiger partial charge in [0.25, 0.3) is 0 Å². The number of benzene rings is 1. The second kappa shape index (κ2) is 3.33. The van der Waals surface area contributed by atoms with Crippen molar-refractivity contribution in [3.8, 4) is 0 Å². The zero-order valence-corrected chi connectivity index (χ0v) is 10.2. The molecule has 16 heavy (non-hydrogen) atoms. The van der Waals surface area contributed by atoms with E-state index in [0.29, 0.717) is 0 Å². The van der Waals surface area contributed by atoms with Crippen molar-refractivity contribution < 1.29 is 0 Å². The van der Waals surface area contributed by atoms with Crippen LogP contribution in [0.4, 0.5) is 0 Å². The molecule has 2 bridgehead atoms. The van der Waals surface area contributed by atoms with Crippen LogP contribution in [0, 0.1) is 11.8 Å². The first-order valence-electron chi connectivity index (χ1n) is 6.38. The van der Waals surface area contributed by atoms with Crippen molar-refractivity contribution >= 4 is 21.4 Å². The number of rotatable bonds is 1. The standard InChI is InChI=1S/C15H16S/c1-2-4-14-12(3-1)9-15(16-14)13-8-10-5-6-11(13)7-10/h1-4,9-11,13H,5-8H2. The fourth-order valence-electron chi connectivity index (χ4n) is 3.78. The lowest BCUT2D eigenvalue weighted by atomic mass is 9.87. The van der Waals surface area contributed by atoms with Crippen molar-refractivity contribution in [2.75, 3.05) is 0 Å². The van der Waals surface area contributed by atoms with Gasteiger partial charge in [0, 0.05) is 9.58 Å². The van der Waals surface area contributed by atoms with Crippen LogP contribution in [-0.2, 0) is 0 Å². The van der Waals surface area contributed by atoms with E-state index in [2.05, 4.69) is 30.3 Å². The van der Waals surface area contributed by atoms with Crippen LogP contribution in [-0.4, -0.2) is 0 Å². The third-order valence-corrected chi connectivity index (χ3v) is 5.80. The van der Waals surface area contributed by atoms with E-state index in [1.165, 1.54) is 35.8 Å². The summed E-state index contributed by atoms with van der Waals surface area (Å²) in [7, 11) is 0. The lowest BCUT2D eigenvalue weighted by molar-refractivity contribution is 0.425. The molecule has 0 aliphatic heterocycles. The van der Waals surface area contributed by atoms with Gasteiger partial charge in [0.15, 0.2) is 0 Å². The van der Waals surface area contributed by atoms with Gasteiger partial charge in [0.1, 0.15) is 0 Å². The monoisotopic (exact) mass is 228 g/mol. The van der Waals surface area contributed by atoms with Crippen molar-refractivity contribution in [3.05, 3.63) is 35.2 Å². The Morgan fingerprint density at radius 3 is 2.75 bits per heavy atom. The van der Waals surface area contributed by atoms with Gasteiger partial charge in [0.05, 0.1) is 0 Å². The van der Waals surface area contributed by atoms with Crippen LogP contribution in [0.5, 0.6) is 0 Å². The summed E-state index contributed by atoms with van der Waals surface area (Å²) in [6.07, 6.45) is 5.98. The van der Waals surface area contributed by atoms with Crippen molar-refractivity contribution in [1.29, 1.82) is 0 Å². The van der Waals surface area contributed by atoms with E-state index in [4.69, 9.17) is 0 Å². The van der Waals surface area contributed by atoms with Crippen LogP contribution in [0.2, 0.25) is 0 Å². The molecule has 2 aromatic rings. The zero-order chi connectivity index (χ0) is 10.5. The van der Waals surface area contributed by atoms with Gasteiger partial charge in [-0.2, -0.15) is 0 Å². The van der Waals surface area contributed by atoms with Crippen LogP contribution in [0.3, 0.4) is 0 Å². The van der Waals surface area contributed by atoms with Crippen LogP contribution in [0.25, 0.3) is 10.1 Å². The fourth-order valence-corrected chi connectivity index (χ4v) is 5.05. The molecule has 0 radical (unpaired) electrons. The molecular weight excluding hydrogens is 212 g/mol. The SMILES string of the molecule is c1ccc2sc(C3CC4CCC3C4)cc2c1. The van der Waals surface area contributed by atoms with Gasteiger partial charge < -0.3 is 0 Å². The van der Waals surface area contributed by atoms with Gasteiger partial charge >= 0.3 is 0 Å². The molecule has 2 aliphatic rings. The second-order valence-electron chi connectivity index (χ2n) is 5.47. The van der Waals surface area contributed by atoms with Gasteiger partial charge in [0.2, 0.25) is 0 Å². The Kier molecular flexibility index (Phi) is 1.92. The summed E-state index contributed by atoms with van der Waals surface area (Å²) >= 11 is 2.03. The van der Waals surface area contributed by atoms with Crippen molar-refractivity contribution in [1.82, 2.24) is 0 Å². The average molecular weight is 228 g/mol. The fraction of sp³-hybridized carbons (Fsp3) is 0.467. The number of thiophene rings is 1. The molecule has 3 unspecified atom stereocenters. The maximum Gasteiger partial charge on any atom is 0.0345 e. The van der Waals surface area contributed by atoms with E-state index in [1.54, 1.807) is 4.88 Å². The molecule has 2 saturated carbocycles. The molecule has 2 aliphatic carbocycles. The molecule has 0 amide bonds. The summed E-state index contributed by atoms with van der Waals surface area (Å²) in [5, 5.41) is 1.45. The summed E-state index contributed by atoms with van der Waals surface area (Å²) in [6.45, 7) is 0. The number of hydrogen-bond donors (Lipinski definition) is 0. The summed E-state index contributed by atoms with van der Waals surface area (Å²) in [4.78, 5) is 1.66. The average Bonchev–Trinajstić information content (AvgIpc) is 3.02. The van der Waals surface area contributed by atoms with Gasteiger partial charge in [-0.25, -0.2) is 0 Å². The van der Waals surface area contributed by atoms with E-state index in [1.807, 2.05) is 11.3 Å². The van der Waals surface area contributed by atoms with Gasteiger partial charge in [-0.3, -0.25) is 0 Å². The lowest BCUT2D eigenvalue weighted by Gasteiger charge is -2.19. The van der Waals surface area contributed by atoms with E-state index < -0.39 is 0 Å². The first-order valence-corrected chi connectivity index (χ1v) is 7.20. The second-order valence-corrected chi connectivity index (χ2v) is 6.58. The molecule has 2 fully saturated rings. The molecule has 0 saturated heterocycles. The van der Waals surface area contributed by atoms with Crippen molar-refractivity contribution in [2.45, 2.75) is 31.6 Å². The predicted octanol–water partition coefficient (Wildman–Crippen LogP) is 4.80. The van der Waals surface area contributed by atoms with Crippen LogP contribution in [0.1, 0.15) is 36.5 Å². The zero-order valence-electron chi connectivity index (χ0n) is 9.36. The minimum absolute atomic E-state index is 0.899. The van der Waals surface area contributed by atoms with E-state index in [-0.39, 0.29) is 0 Å². The van der Waals surface area contributed by atoms with E-state index >= 15 is 0 Å². The molecule has 1 heterocycles. The summed E-state index contributed by atoms with van der Waals surface area (Å²) in [6, 6.07) is 11.3. The first-order chi connectivity index (χ1) is 7.90. The highest BCUT2D eigenvalue weighted by Crippen LogP contribution is 2.54. The molecule has 0 spiro atoms. The maximum absolute atomic E-state index is 2.45. The molecule has 82 valence electrons. The van der Waals surface area contributed by atoms with Gasteiger partial charge in [-0.1, -0.05) is 24.6 Å². The molecule has 0 nitrogen and oxygen atoms in total. The topological polar surface area (TPSA) is 0 Å². The Morgan fingerprint density at radius 2 is 2.00 bits per heavy atom. The highest BCUT2D eigenvalue weighted by molar-refractivity contribution is 7.19. The minimum atomic E-state index is 0.899. The predicted molar refractivity (Wildman–Crippen MR) is 70.0 cm³/mol. The Morgan fingerprint density at radius 1 is 1.06 bits per heavy atom. The molecule has 1 heteroatoms. The largest absolute Gasteiger partial charge is 0.140 e. The van der Waals surface area contributed by atoms with Crippen LogP contribution >= 0.6 is 11.3 Å².